The summed E-state index contributed by atoms with van der Waals surface area (Å²) in [5, 5.41) is 1.03. The Bertz CT molecular complexity index is 1180. The second kappa shape index (κ2) is 6.60. The standard InChI is InChI=1S/C21H20N6O/c1-15-20(27-7-3-2-4-19(27)24-15)21(28)26-10-8-25(9-11-26)17-5-6-18-16(12-17)13-22-14-23-18/h2-7,12-14H,8-11H2,1H3. The Morgan fingerprint density at radius 2 is 1.93 bits per heavy atom. The Labute approximate surface area is 162 Å². The van der Waals surface area contributed by atoms with Gasteiger partial charge in [0.05, 0.1) is 11.2 Å². The van der Waals surface area contributed by atoms with Crippen molar-refractivity contribution >= 4 is 28.1 Å². The van der Waals surface area contributed by atoms with Crippen LogP contribution in [0.5, 0.6) is 0 Å². The number of fused-ring (bicyclic) bond motifs is 2. The van der Waals surface area contributed by atoms with Crippen LogP contribution in [0.4, 0.5) is 5.69 Å². The first kappa shape index (κ1) is 16.7. The summed E-state index contributed by atoms with van der Waals surface area (Å²) in [5.74, 6) is 0.0442. The quantitative estimate of drug-likeness (QED) is 0.541. The third-order valence-electron chi connectivity index (χ3n) is 5.33. The Balaban J connectivity index is 1.35. The van der Waals surface area contributed by atoms with Gasteiger partial charge in [-0.15, -0.1) is 0 Å². The molecule has 0 atom stereocenters. The van der Waals surface area contributed by atoms with E-state index in [0.29, 0.717) is 18.8 Å². The number of amides is 1. The van der Waals surface area contributed by atoms with Crippen LogP contribution in [0.2, 0.25) is 0 Å². The first-order chi connectivity index (χ1) is 13.7. The highest BCUT2D eigenvalue weighted by Gasteiger charge is 2.26. The molecule has 140 valence electrons. The van der Waals surface area contributed by atoms with Gasteiger partial charge < -0.3 is 9.80 Å². The highest BCUT2D eigenvalue weighted by molar-refractivity contribution is 5.95. The zero-order valence-electron chi connectivity index (χ0n) is 15.6. The molecule has 0 bridgehead atoms. The molecule has 0 spiro atoms. The summed E-state index contributed by atoms with van der Waals surface area (Å²) in [6, 6.07) is 12.0. The van der Waals surface area contributed by atoms with E-state index in [1.807, 2.05) is 52.9 Å². The van der Waals surface area contributed by atoms with Crippen molar-refractivity contribution in [2.45, 2.75) is 6.92 Å². The highest BCUT2D eigenvalue weighted by Crippen LogP contribution is 2.22. The lowest BCUT2D eigenvalue weighted by atomic mass is 10.2. The van der Waals surface area contributed by atoms with E-state index in [2.05, 4.69) is 32.0 Å². The molecule has 1 saturated heterocycles. The number of benzene rings is 1. The smallest absolute Gasteiger partial charge is 0.272 e. The number of hydrogen-bond acceptors (Lipinski definition) is 5. The molecule has 1 fully saturated rings. The van der Waals surface area contributed by atoms with Crippen molar-refractivity contribution in [1.29, 1.82) is 0 Å². The fourth-order valence-electron chi connectivity index (χ4n) is 3.86. The van der Waals surface area contributed by atoms with Gasteiger partial charge in [0.15, 0.2) is 0 Å². The Morgan fingerprint density at radius 1 is 1.07 bits per heavy atom. The maximum Gasteiger partial charge on any atom is 0.272 e. The van der Waals surface area contributed by atoms with E-state index in [1.54, 1.807) is 6.33 Å². The molecule has 1 aromatic carbocycles. The van der Waals surface area contributed by atoms with E-state index < -0.39 is 0 Å². The van der Waals surface area contributed by atoms with Crippen LogP contribution in [0, 0.1) is 6.92 Å². The summed E-state index contributed by atoms with van der Waals surface area (Å²) in [4.78, 5) is 30.3. The van der Waals surface area contributed by atoms with Crippen LogP contribution in [0.3, 0.4) is 0 Å². The molecule has 1 aliphatic heterocycles. The predicted molar refractivity (Wildman–Crippen MR) is 108 cm³/mol. The number of pyridine rings is 1. The van der Waals surface area contributed by atoms with Crippen molar-refractivity contribution in [1.82, 2.24) is 24.3 Å². The third kappa shape index (κ3) is 2.76. The number of aromatic nitrogens is 4. The lowest BCUT2D eigenvalue weighted by molar-refractivity contribution is 0.0739. The number of rotatable bonds is 2. The third-order valence-corrected chi connectivity index (χ3v) is 5.33. The zero-order valence-corrected chi connectivity index (χ0v) is 15.6. The number of piperazine rings is 1. The molecule has 1 aliphatic rings. The van der Waals surface area contributed by atoms with Gasteiger partial charge >= 0.3 is 0 Å². The van der Waals surface area contributed by atoms with Crippen LogP contribution in [-0.2, 0) is 0 Å². The van der Waals surface area contributed by atoms with Crippen molar-refractivity contribution in [2.24, 2.45) is 0 Å². The minimum Gasteiger partial charge on any atom is -0.368 e. The maximum atomic E-state index is 13.1. The second-order valence-electron chi connectivity index (χ2n) is 7.02. The summed E-state index contributed by atoms with van der Waals surface area (Å²) in [5.41, 5.74) is 4.32. The van der Waals surface area contributed by atoms with Crippen molar-refractivity contribution < 1.29 is 4.79 Å². The lowest BCUT2D eigenvalue weighted by Crippen LogP contribution is -2.49. The largest absolute Gasteiger partial charge is 0.368 e. The molecule has 4 heterocycles. The number of carbonyl (C=O) groups excluding carboxylic acids is 1. The van der Waals surface area contributed by atoms with Gasteiger partial charge in [-0.3, -0.25) is 9.20 Å². The average Bonchev–Trinajstić information content (AvgIpc) is 3.08. The second-order valence-corrected chi connectivity index (χ2v) is 7.02. The van der Waals surface area contributed by atoms with Crippen LogP contribution in [-0.4, -0.2) is 56.3 Å². The van der Waals surface area contributed by atoms with Gasteiger partial charge in [-0.05, 0) is 37.3 Å². The summed E-state index contributed by atoms with van der Waals surface area (Å²) >= 11 is 0. The molecule has 28 heavy (non-hydrogen) atoms. The van der Waals surface area contributed by atoms with Gasteiger partial charge in [-0.2, -0.15) is 0 Å². The number of nitrogens with zero attached hydrogens (tertiary/aromatic N) is 6. The van der Waals surface area contributed by atoms with Crippen LogP contribution < -0.4 is 4.90 Å². The average molecular weight is 372 g/mol. The van der Waals surface area contributed by atoms with E-state index in [-0.39, 0.29) is 5.91 Å². The number of imidazole rings is 1. The van der Waals surface area contributed by atoms with Gasteiger partial charge in [0, 0.05) is 49.6 Å². The number of hydrogen-bond donors (Lipinski definition) is 0. The number of anilines is 1. The van der Waals surface area contributed by atoms with E-state index in [4.69, 9.17) is 0 Å². The zero-order chi connectivity index (χ0) is 19.1. The SMILES string of the molecule is Cc1nc2ccccn2c1C(=O)N1CCN(c2ccc3ncncc3c2)CC1. The first-order valence-electron chi connectivity index (χ1n) is 9.38. The first-order valence-corrected chi connectivity index (χ1v) is 9.38. The van der Waals surface area contributed by atoms with Crippen molar-refractivity contribution in [3.8, 4) is 0 Å². The van der Waals surface area contributed by atoms with Crippen LogP contribution in [0.25, 0.3) is 16.6 Å². The van der Waals surface area contributed by atoms with Crippen molar-refractivity contribution in [2.75, 3.05) is 31.1 Å². The monoisotopic (exact) mass is 372 g/mol. The maximum absolute atomic E-state index is 13.1. The van der Waals surface area contributed by atoms with Gasteiger partial charge in [0.2, 0.25) is 0 Å². The molecule has 7 heteroatoms. The van der Waals surface area contributed by atoms with Gasteiger partial charge in [-0.1, -0.05) is 6.07 Å². The van der Waals surface area contributed by atoms with Gasteiger partial charge in [0.1, 0.15) is 17.7 Å². The molecule has 4 aromatic rings. The molecule has 3 aromatic heterocycles. The van der Waals surface area contributed by atoms with Gasteiger partial charge in [-0.25, -0.2) is 15.0 Å². The number of carbonyl (C=O) groups is 1. The molecule has 7 nitrogen and oxygen atoms in total. The van der Waals surface area contributed by atoms with E-state index in [1.165, 1.54) is 0 Å². The minimum atomic E-state index is 0.0442. The molecule has 0 unspecified atom stereocenters. The molecular formula is C21H20N6O. The van der Waals surface area contributed by atoms with E-state index in [9.17, 15) is 4.79 Å². The van der Waals surface area contributed by atoms with E-state index in [0.717, 1.165) is 41.0 Å². The van der Waals surface area contributed by atoms with Crippen molar-refractivity contribution in [3.63, 3.8) is 0 Å². The van der Waals surface area contributed by atoms with Crippen molar-refractivity contribution in [3.05, 3.63) is 66.5 Å². The molecule has 0 N–H and O–H groups in total. The summed E-state index contributed by atoms with van der Waals surface area (Å²) in [7, 11) is 0. The highest BCUT2D eigenvalue weighted by atomic mass is 16.2. The summed E-state index contributed by atoms with van der Waals surface area (Å²) in [6.45, 7) is 4.85. The van der Waals surface area contributed by atoms with Crippen LogP contribution >= 0.6 is 0 Å². The van der Waals surface area contributed by atoms with Gasteiger partial charge in [0.25, 0.3) is 5.91 Å². The predicted octanol–water partition coefficient (Wildman–Crippen LogP) is 2.55. The molecule has 0 aliphatic carbocycles. The normalized spacial score (nSPS) is 14.8. The Hall–Kier alpha value is -3.48. The summed E-state index contributed by atoms with van der Waals surface area (Å²) < 4.78 is 1.88. The Morgan fingerprint density at radius 3 is 2.79 bits per heavy atom. The number of aryl methyl sites for hydroxylation is 1. The fourth-order valence-corrected chi connectivity index (χ4v) is 3.86. The van der Waals surface area contributed by atoms with Crippen LogP contribution in [0.15, 0.2) is 55.1 Å². The molecule has 0 radical (unpaired) electrons. The van der Waals surface area contributed by atoms with Crippen LogP contribution in [0.1, 0.15) is 16.2 Å². The fraction of sp³-hybridized carbons (Fsp3) is 0.238. The Kier molecular flexibility index (Phi) is 3.93. The molecule has 5 rings (SSSR count). The molecular weight excluding hydrogens is 352 g/mol. The topological polar surface area (TPSA) is 66.6 Å². The molecule has 0 saturated carbocycles. The molecule has 1 amide bonds. The lowest BCUT2D eigenvalue weighted by Gasteiger charge is -2.36. The summed E-state index contributed by atoms with van der Waals surface area (Å²) in [6.07, 6.45) is 5.30. The minimum absolute atomic E-state index is 0.0442. The van der Waals surface area contributed by atoms with E-state index >= 15 is 0 Å².